The molecule has 3 aromatic rings. The molecule has 6 heteroatoms. The first-order valence-corrected chi connectivity index (χ1v) is 9.81. The molecule has 2 atom stereocenters. The Balaban J connectivity index is 1.29. The predicted molar refractivity (Wildman–Crippen MR) is 105 cm³/mol. The second kappa shape index (κ2) is 7.28. The monoisotopic (exact) mass is 374 g/mol. The van der Waals surface area contributed by atoms with E-state index in [1.165, 1.54) is 5.56 Å². The second-order valence-electron chi connectivity index (χ2n) is 7.67. The number of amides is 1. The van der Waals surface area contributed by atoms with Gasteiger partial charge in [0.1, 0.15) is 5.82 Å². The molecule has 1 saturated heterocycles. The molecule has 0 spiro atoms. The molecule has 5 rings (SSSR count). The highest BCUT2D eigenvalue weighted by Gasteiger charge is 2.31. The summed E-state index contributed by atoms with van der Waals surface area (Å²) in [5, 5.41) is 4.28. The lowest BCUT2D eigenvalue weighted by atomic mass is 9.93. The minimum Gasteiger partial charge on any atom is -0.379 e. The molecule has 3 heterocycles. The molecule has 1 aliphatic heterocycles. The first kappa shape index (κ1) is 17.3. The van der Waals surface area contributed by atoms with E-state index in [2.05, 4.69) is 32.4 Å². The van der Waals surface area contributed by atoms with Crippen LogP contribution in [0, 0.1) is 5.92 Å². The third-order valence-electron chi connectivity index (χ3n) is 5.61. The van der Waals surface area contributed by atoms with Gasteiger partial charge in [-0.05, 0) is 37.0 Å². The van der Waals surface area contributed by atoms with Crippen molar-refractivity contribution in [3.8, 4) is 0 Å². The number of pyridine rings is 1. The molecule has 28 heavy (non-hydrogen) atoms. The molecular formula is C22H22N4O2. The van der Waals surface area contributed by atoms with Gasteiger partial charge in [0.2, 0.25) is 0 Å². The number of benzene rings is 1. The summed E-state index contributed by atoms with van der Waals surface area (Å²) in [5.74, 6) is 1.42. The van der Waals surface area contributed by atoms with Gasteiger partial charge in [-0.2, -0.15) is 0 Å². The second-order valence-corrected chi connectivity index (χ2v) is 7.67. The molecule has 142 valence electrons. The minimum atomic E-state index is -0.137. The zero-order valence-electron chi connectivity index (χ0n) is 15.5. The molecule has 6 nitrogen and oxygen atoms in total. The zero-order valence-corrected chi connectivity index (χ0v) is 15.5. The lowest BCUT2D eigenvalue weighted by molar-refractivity contribution is 0.0924. The van der Waals surface area contributed by atoms with Crippen molar-refractivity contribution in [2.24, 2.45) is 5.92 Å². The van der Waals surface area contributed by atoms with Crippen LogP contribution in [0.3, 0.4) is 0 Å². The number of carbonyl (C=O) groups excluding carboxylic acids is 1. The fraction of sp³-hybridized carbons (Fsp3) is 0.364. The average molecular weight is 374 g/mol. The van der Waals surface area contributed by atoms with Gasteiger partial charge >= 0.3 is 0 Å². The normalized spacial score (nSPS) is 21.7. The van der Waals surface area contributed by atoms with Gasteiger partial charge in [0.15, 0.2) is 0 Å². The van der Waals surface area contributed by atoms with E-state index in [1.54, 1.807) is 12.4 Å². The van der Waals surface area contributed by atoms with E-state index in [-0.39, 0.29) is 17.9 Å². The predicted octanol–water partition coefficient (Wildman–Crippen LogP) is 2.89. The van der Waals surface area contributed by atoms with Crippen molar-refractivity contribution in [3.63, 3.8) is 0 Å². The Hall–Kier alpha value is -2.86. The first-order valence-electron chi connectivity index (χ1n) is 9.81. The molecule has 0 bridgehead atoms. The highest BCUT2D eigenvalue weighted by atomic mass is 16.5. The number of ether oxygens (including phenoxy) is 1. The smallest absolute Gasteiger partial charge is 0.254 e. The number of hydrogen-bond donors (Lipinski definition) is 1. The van der Waals surface area contributed by atoms with Crippen molar-refractivity contribution in [2.75, 3.05) is 13.2 Å². The van der Waals surface area contributed by atoms with Crippen LogP contribution in [-0.4, -0.2) is 40.1 Å². The van der Waals surface area contributed by atoms with Crippen LogP contribution >= 0.6 is 0 Å². The van der Waals surface area contributed by atoms with Gasteiger partial charge in [-0.1, -0.05) is 18.2 Å². The Morgan fingerprint density at radius 3 is 2.71 bits per heavy atom. The Bertz CT molecular complexity index is 996. The number of fused-ring (bicyclic) bond motifs is 1. The van der Waals surface area contributed by atoms with Gasteiger partial charge in [-0.15, -0.1) is 0 Å². The minimum absolute atomic E-state index is 0.0254. The molecule has 0 unspecified atom stereocenters. The number of aromatic nitrogens is 3. The van der Waals surface area contributed by atoms with Crippen LogP contribution in [0.4, 0.5) is 0 Å². The summed E-state index contributed by atoms with van der Waals surface area (Å²) in [6.45, 7) is 1.17. The van der Waals surface area contributed by atoms with Crippen molar-refractivity contribution < 1.29 is 9.53 Å². The summed E-state index contributed by atoms with van der Waals surface area (Å²) >= 11 is 0. The fourth-order valence-electron chi connectivity index (χ4n) is 3.83. The van der Waals surface area contributed by atoms with Crippen LogP contribution in [0.1, 0.15) is 40.5 Å². The van der Waals surface area contributed by atoms with Crippen molar-refractivity contribution >= 4 is 16.8 Å². The molecule has 2 fully saturated rings. The lowest BCUT2D eigenvalue weighted by Gasteiger charge is -2.20. The molecule has 2 aliphatic rings. The number of para-hydroxylation sites is 1. The van der Waals surface area contributed by atoms with Crippen LogP contribution in [0.5, 0.6) is 0 Å². The summed E-state index contributed by atoms with van der Waals surface area (Å²) in [4.78, 5) is 25.8. The van der Waals surface area contributed by atoms with Crippen LogP contribution < -0.4 is 5.32 Å². The van der Waals surface area contributed by atoms with Gasteiger partial charge < -0.3 is 10.1 Å². The van der Waals surface area contributed by atoms with Crippen LogP contribution in [-0.2, 0) is 11.2 Å². The summed E-state index contributed by atoms with van der Waals surface area (Å²) < 4.78 is 5.69. The maximum absolute atomic E-state index is 12.7. The van der Waals surface area contributed by atoms with E-state index in [1.807, 2.05) is 24.4 Å². The molecular weight excluding hydrogens is 352 g/mol. The summed E-state index contributed by atoms with van der Waals surface area (Å²) in [7, 11) is 0. The van der Waals surface area contributed by atoms with Gasteiger partial charge in [0.25, 0.3) is 5.91 Å². The van der Waals surface area contributed by atoms with Crippen molar-refractivity contribution in [1.82, 2.24) is 20.3 Å². The lowest BCUT2D eigenvalue weighted by Crippen LogP contribution is -2.40. The number of rotatable bonds is 5. The molecule has 0 radical (unpaired) electrons. The SMILES string of the molecule is O=C(N[C@H]1COC[C@H]1Cc1ccnc2ccccc12)c1cnc(C2CC2)nc1. The summed E-state index contributed by atoms with van der Waals surface area (Å²) in [6.07, 6.45) is 8.26. The number of hydrogen-bond acceptors (Lipinski definition) is 5. The van der Waals surface area contributed by atoms with Crippen molar-refractivity contribution in [1.29, 1.82) is 0 Å². The van der Waals surface area contributed by atoms with E-state index in [9.17, 15) is 4.79 Å². The zero-order chi connectivity index (χ0) is 18.9. The Morgan fingerprint density at radius 2 is 1.89 bits per heavy atom. The molecule has 2 aromatic heterocycles. The summed E-state index contributed by atoms with van der Waals surface area (Å²) in [6, 6.07) is 10.2. The van der Waals surface area contributed by atoms with E-state index < -0.39 is 0 Å². The number of nitrogens with one attached hydrogen (secondary N) is 1. The van der Waals surface area contributed by atoms with E-state index in [4.69, 9.17) is 4.74 Å². The number of nitrogens with zero attached hydrogens (tertiary/aromatic N) is 3. The van der Waals surface area contributed by atoms with Gasteiger partial charge in [0, 0.05) is 35.8 Å². The average Bonchev–Trinajstić information content (AvgIpc) is 3.50. The molecule has 1 aromatic carbocycles. The number of carbonyl (C=O) groups is 1. The van der Waals surface area contributed by atoms with Crippen molar-refractivity contribution in [3.05, 3.63) is 65.9 Å². The third-order valence-corrected chi connectivity index (χ3v) is 5.61. The molecule has 1 aliphatic carbocycles. The maximum Gasteiger partial charge on any atom is 0.254 e. The van der Waals surface area contributed by atoms with Gasteiger partial charge in [0.05, 0.1) is 30.3 Å². The quantitative estimate of drug-likeness (QED) is 0.743. The first-order chi connectivity index (χ1) is 13.8. The Morgan fingerprint density at radius 1 is 1.07 bits per heavy atom. The largest absolute Gasteiger partial charge is 0.379 e. The van der Waals surface area contributed by atoms with Gasteiger partial charge in [-0.25, -0.2) is 9.97 Å². The van der Waals surface area contributed by atoms with Crippen LogP contribution in [0.15, 0.2) is 48.9 Å². The van der Waals surface area contributed by atoms with E-state index in [0.29, 0.717) is 24.7 Å². The molecule has 1 amide bonds. The molecule has 1 N–H and O–H groups in total. The molecule has 1 saturated carbocycles. The van der Waals surface area contributed by atoms with Crippen molar-refractivity contribution in [2.45, 2.75) is 31.2 Å². The fourth-order valence-corrected chi connectivity index (χ4v) is 3.83. The highest BCUT2D eigenvalue weighted by Crippen LogP contribution is 2.37. The maximum atomic E-state index is 12.7. The summed E-state index contributed by atoms with van der Waals surface area (Å²) in [5.41, 5.74) is 2.73. The van der Waals surface area contributed by atoms with Crippen LogP contribution in [0.25, 0.3) is 10.9 Å². The van der Waals surface area contributed by atoms with Gasteiger partial charge in [-0.3, -0.25) is 9.78 Å². The third kappa shape index (κ3) is 3.47. The Labute approximate surface area is 163 Å². The van der Waals surface area contributed by atoms with Crippen LogP contribution in [0.2, 0.25) is 0 Å². The standard InChI is InChI=1S/C22H22N4O2/c27-22(17-10-24-21(25-11-17)14-5-6-14)26-20-13-28-12-16(20)9-15-7-8-23-19-4-2-1-3-18(15)19/h1-4,7-8,10-11,14,16,20H,5-6,9,12-13H2,(H,26,27)/t16-,20+/m1/s1. The Kier molecular flexibility index (Phi) is 4.49. The van der Waals surface area contributed by atoms with E-state index >= 15 is 0 Å². The topological polar surface area (TPSA) is 77.0 Å². The van der Waals surface area contributed by atoms with E-state index in [0.717, 1.165) is 36.0 Å². The highest BCUT2D eigenvalue weighted by molar-refractivity contribution is 5.93.